The Kier molecular flexibility index (Phi) is 6.07. The van der Waals surface area contributed by atoms with Crippen molar-refractivity contribution in [1.82, 2.24) is 16.2 Å². The van der Waals surface area contributed by atoms with Crippen molar-refractivity contribution in [2.75, 3.05) is 6.61 Å². The van der Waals surface area contributed by atoms with Crippen molar-refractivity contribution < 1.29 is 9.53 Å². The maximum atomic E-state index is 11.6. The monoisotopic (exact) mass is 327 g/mol. The summed E-state index contributed by atoms with van der Waals surface area (Å²) >= 11 is 11.0. The average molecular weight is 328 g/mol. The van der Waals surface area contributed by atoms with Crippen LogP contribution in [0.5, 0.6) is 5.75 Å². The highest BCUT2D eigenvalue weighted by Gasteiger charge is 2.15. The molecule has 21 heavy (non-hydrogen) atoms. The lowest BCUT2D eigenvalue weighted by atomic mass is 10.3. The third-order valence-electron chi connectivity index (χ3n) is 3.20. The molecule has 1 aliphatic rings. The molecule has 1 fully saturated rings. The molecule has 1 aromatic rings. The fraction of sp³-hybridized carbons (Fsp3) is 0.429. The molecule has 0 aromatic heterocycles. The van der Waals surface area contributed by atoms with Crippen molar-refractivity contribution >= 4 is 34.8 Å². The number of carbonyl (C=O) groups is 1. The zero-order valence-corrected chi connectivity index (χ0v) is 13.1. The van der Waals surface area contributed by atoms with Gasteiger partial charge in [-0.25, -0.2) is 0 Å². The van der Waals surface area contributed by atoms with Crippen LogP contribution in [-0.2, 0) is 4.79 Å². The molecule has 0 saturated heterocycles. The third kappa shape index (κ3) is 5.40. The average Bonchev–Trinajstić information content (AvgIpc) is 2.97. The van der Waals surface area contributed by atoms with Crippen LogP contribution in [0, 0.1) is 0 Å². The van der Waals surface area contributed by atoms with Crippen molar-refractivity contribution in [2.24, 2.45) is 0 Å². The number of hydrazine groups is 1. The molecule has 1 saturated carbocycles. The van der Waals surface area contributed by atoms with Crippen LogP contribution in [0.15, 0.2) is 24.3 Å². The lowest BCUT2D eigenvalue weighted by Gasteiger charge is -2.16. The number of halogens is 1. The molecule has 0 spiro atoms. The van der Waals surface area contributed by atoms with Crippen LogP contribution in [-0.4, -0.2) is 23.7 Å². The first kappa shape index (κ1) is 15.9. The summed E-state index contributed by atoms with van der Waals surface area (Å²) in [5, 5.41) is 4.05. The van der Waals surface area contributed by atoms with E-state index in [0.29, 0.717) is 21.9 Å². The minimum absolute atomic E-state index is 0.136. The zero-order valence-electron chi connectivity index (χ0n) is 11.5. The van der Waals surface area contributed by atoms with E-state index >= 15 is 0 Å². The number of hydrogen-bond acceptors (Lipinski definition) is 3. The highest BCUT2D eigenvalue weighted by atomic mass is 35.5. The van der Waals surface area contributed by atoms with Gasteiger partial charge < -0.3 is 10.1 Å². The van der Waals surface area contributed by atoms with Gasteiger partial charge in [-0.15, -0.1) is 0 Å². The van der Waals surface area contributed by atoms with Gasteiger partial charge in [0.25, 0.3) is 5.91 Å². The van der Waals surface area contributed by atoms with Crippen molar-refractivity contribution in [2.45, 2.75) is 31.7 Å². The number of benzene rings is 1. The molecular weight excluding hydrogens is 310 g/mol. The van der Waals surface area contributed by atoms with E-state index in [2.05, 4.69) is 16.2 Å². The van der Waals surface area contributed by atoms with E-state index in [0.717, 1.165) is 12.8 Å². The van der Waals surface area contributed by atoms with E-state index in [-0.39, 0.29) is 12.5 Å². The molecule has 0 unspecified atom stereocenters. The Bertz CT molecular complexity index is 507. The Morgan fingerprint density at radius 2 is 2.00 bits per heavy atom. The molecule has 7 heteroatoms. The van der Waals surface area contributed by atoms with Gasteiger partial charge in [0.1, 0.15) is 5.75 Å². The molecule has 0 heterocycles. The van der Waals surface area contributed by atoms with Gasteiger partial charge in [-0.2, -0.15) is 0 Å². The Labute approximate surface area is 134 Å². The van der Waals surface area contributed by atoms with Crippen LogP contribution < -0.4 is 20.9 Å². The Hall–Kier alpha value is -1.53. The zero-order chi connectivity index (χ0) is 15.1. The highest BCUT2D eigenvalue weighted by molar-refractivity contribution is 7.80. The van der Waals surface area contributed by atoms with E-state index in [1.165, 1.54) is 12.8 Å². The quantitative estimate of drug-likeness (QED) is 0.584. The number of para-hydroxylation sites is 1. The molecule has 2 rings (SSSR count). The number of carbonyl (C=O) groups excluding carboxylic acids is 1. The minimum atomic E-state index is -0.328. The summed E-state index contributed by atoms with van der Waals surface area (Å²) in [5.41, 5.74) is 5.15. The standard InChI is InChI=1S/C14H18ClN3O2S/c15-11-7-3-4-8-12(11)20-9-13(19)17-18-14(21)16-10-5-1-2-6-10/h3-4,7-8,10H,1-2,5-6,9H2,(H,17,19)(H2,16,18,21). The Balaban J connectivity index is 1.65. The van der Waals surface area contributed by atoms with Crippen LogP contribution in [0.25, 0.3) is 0 Å². The van der Waals surface area contributed by atoms with Crippen LogP contribution in [0.3, 0.4) is 0 Å². The topological polar surface area (TPSA) is 62.4 Å². The summed E-state index contributed by atoms with van der Waals surface area (Å²) < 4.78 is 5.32. The summed E-state index contributed by atoms with van der Waals surface area (Å²) in [7, 11) is 0. The second-order valence-electron chi connectivity index (χ2n) is 4.85. The fourth-order valence-electron chi connectivity index (χ4n) is 2.16. The van der Waals surface area contributed by atoms with Gasteiger partial charge in [0, 0.05) is 6.04 Å². The van der Waals surface area contributed by atoms with Gasteiger partial charge in [0.15, 0.2) is 11.7 Å². The Morgan fingerprint density at radius 3 is 2.71 bits per heavy atom. The number of rotatable bonds is 4. The summed E-state index contributed by atoms with van der Waals surface area (Å²) in [5.74, 6) is 0.145. The van der Waals surface area contributed by atoms with E-state index in [1.54, 1.807) is 24.3 Å². The summed E-state index contributed by atoms with van der Waals surface area (Å²) in [6.45, 7) is -0.136. The van der Waals surface area contributed by atoms with E-state index < -0.39 is 0 Å². The van der Waals surface area contributed by atoms with Crippen molar-refractivity contribution in [1.29, 1.82) is 0 Å². The maximum Gasteiger partial charge on any atom is 0.276 e. The predicted octanol–water partition coefficient (Wildman–Crippen LogP) is 2.16. The summed E-state index contributed by atoms with van der Waals surface area (Å²) in [4.78, 5) is 11.6. The first-order chi connectivity index (χ1) is 10.1. The second-order valence-corrected chi connectivity index (χ2v) is 5.66. The molecule has 1 aliphatic carbocycles. The maximum absolute atomic E-state index is 11.6. The van der Waals surface area contributed by atoms with Gasteiger partial charge >= 0.3 is 0 Å². The van der Waals surface area contributed by atoms with Crippen molar-refractivity contribution in [3.05, 3.63) is 29.3 Å². The predicted molar refractivity (Wildman–Crippen MR) is 86.2 cm³/mol. The molecule has 0 radical (unpaired) electrons. The van der Waals surface area contributed by atoms with Gasteiger partial charge in [0.05, 0.1) is 5.02 Å². The molecule has 0 aliphatic heterocycles. The van der Waals surface area contributed by atoms with Gasteiger partial charge in [-0.1, -0.05) is 36.6 Å². The van der Waals surface area contributed by atoms with E-state index in [1.807, 2.05) is 0 Å². The normalized spacial score (nSPS) is 14.5. The van der Waals surface area contributed by atoms with Crippen LogP contribution in [0.1, 0.15) is 25.7 Å². The molecule has 0 atom stereocenters. The van der Waals surface area contributed by atoms with E-state index in [4.69, 9.17) is 28.6 Å². The number of ether oxygens (including phenoxy) is 1. The minimum Gasteiger partial charge on any atom is -0.482 e. The van der Waals surface area contributed by atoms with Gasteiger partial charge in [0.2, 0.25) is 0 Å². The Morgan fingerprint density at radius 1 is 1.29 bits per heavy atom. The molecule has 5 nitrogen and oxygen atoms in total. The molecule has 3 N–H and O–H groups in total. The second kappa shape index (κ2) is 8.05. The highest BCUT2D eigenvalue weighted by Crippen LogP contribution is 2.22. The third-order valence-corrected chi connectivity index (χ3v) is 3.73. The SMILES string of the molecule is O=C(COc1ccccc1Cl)NNC(=S)NC1CCCC1. The van der Waals surface area contributed by atoms with Crippen molar-refractivity contribution in [3.8, 4) is 5.75 Å². The fourth-order valence-corrected chi connectivity index (χ4v) is 2.57. The number of nitrogens with one attached hydrogen (secondary N) is 3. The number of hydrogen-bond donors (Lipinski definition) is 3. The lowest BCUT2D eigenvalue weighted by molar-refractivity contribution is -0.123. The molecule has 1 amide bonds. The van der Waals surface area contributed by atoms with Crippen LogP contribution in [0.2, 0.25) is 5.02 Å². The number of amides is 1. The van der Waals surface area contributed by atoms with Crippen LogP contribution in [0.4, 0.5) is 0 Å². The molecule has 1 aromatic carbocycles. The first-order valence-electron chi connectivity index (χ1n) is 6.88. The van der Waals surface area contributed by atoms with E-state index in [9.17, 15) is 4.79 Å². The first-order valence-corrected chi connectivity index (χ1v) is 7.66. The molecule has 114 valence electrons. The molecular formula is C14H18ClN3O2S. The molecule has 0 bridgehead atoms. The number of thiocarbonyl (C=S) groups is 1. The van der Waals surface area contributed by atoms with Gasteiger partial charge in [-0.3, -0.25) is 15.6 Å². The largest absolute Gasteiger partial charge is 0.482 e. The lowest BCUT2D eigenvalue weighted by Crippen LogP contribution is -2.50. The summed E-state index contributed by atoms with van der Waals surface area (Å²) in [6, 6.07) is 7.40. The van der Waals surface area contributed by atoms with Gasteiger partial charge in [-0.05, 0) is 37.2 Å². The van der Waals surface area contributed by atoms with Crippen molar-refractivity contribution in [3.63, 3.8) is 0 Å². The smallest absolute Gasteiger partial charge is 0.276 e. The van der Waals surface area contributed by atoms with Crippen LogP contribution >= 0.6 is 23.8 Å². The summed E-state index contributed by atoms with van der Waals surface area (Å²) in [6.07, 6.45) is 4.67.